The molecule has 0 aliphatic carbocycles. The molecule has 0 aliphatic rings. The molecule has 32 heavy (non-hydrogen) atoms. The number of ether oxygens (including phenoxy) is 2. The van der Waals surface area contributed by atoms with Crippen molar-refractivity contribution in [2.75, 3.05) is 0 Å². The van der Waals surface area contributed by atoms with Gasteiger partial charge in [-0.15, -0.1) is 0 Å². The second-order valence-electron chi connectivity index (χ2n) is 5.98. The number of esters is 2. The summed E-state index contributed by atoms with van der Waals surface area (Å²) in [6.45, 7) is 15.9. The van der Waals surface area contributed by atoms with E-state index in [1.807, 2.05) is 79.7 Å². The molecule has 0 radical (unpaired) electrons. The molecule has 0 unspecified atom stereocenters. The van der Waals surface area contributed by atoms with Crippen LogP contribution in [0.15, 0.2) is 72.8 Å². The largest absolute Gasteiger partial charge is 0.423 e. The Morgan fingerprint density at radius 1 is 0.469 bits per heavy atom. The highest BCUT2D eigenvalue weighted by molar-refractivity contribution is 5.92. The minimum Gasteiger partial charge on any atom is -0.423 e. The van der Waals surface area contributed by atoms with Gasteiger partial charge < -0.3 is 9.47 Å². The number of hydrogen-bond donors (Lipinski definition) is 0. The summed E-state index contributed by atoms with van der Waals surface area (Å²) in [7, 11) is 0. The van der Waals surface area contributed by atoms with Crippen molar-refractivity contribution in [3.63, 3.8) is 0 Å². The molecule has 0 heterocycles. The maximum atomic E-state index is 12.2. The lowest BCUT2D eigenvalue weighted by Gasteiger charge is -2.07. The average molecular weight is 437 g/mol. The minimum absolute atomic E-state index is 0.363. The fraction of sp³-hybridized carbons (Fsp3) is 0.286. The molecule has 0 atom stereocenters. The van der Waals surface area contributed by atoms with Crippen molar-refractivity contribution in [1.82, 2.24) is 0 Å². The molecule has 4 heteroatoms. The molecule has 3 rings (SSSR count). The van der Waals surface area contributed by atoms with Crippen LogP contribution in [0.3, 0.4) is 0 Å². The second kappa shape index (κ2) is 16.3. The molecule has 172 valence electrons. The van der Waals surface area contributed by atoms with Crippen LogP contribution < -0.4 is 9.47 Å². The highest BCUT2D eigenvalue weighted by Crippen LogP contribution is 2.17. The first-order valence-electron chi connectivity index (χ1n) is 11.2. The van der Waals surface area contributed by atoms with Gasteiger partial charge in [0.05, 0.1) is 11.1 Å². The Labute approximate surface area is 193 Å². The monoisotopic (exact) mass is 436 g/mol. The standard InChI is InChI=1S/C22H18O4.3C2H6/c1-15-3-7-17(8-4-15)21(23)26-20-13-9-18(10-14-20)22(24)25-19-11-5-16(2)6-12-19;3*1-2/h3-14H,1-2H3;3*1-2H3. The molecule has 0 fully saturated rings. The molecule has 0 amide bonds. The quantitative estimate of drug-likeness (QED) is 0.309. The number of aryl methyl sites for hydroxylation is 2. The van der Waals surface area contributed by atoms with Gasteiger partial charge in [0, 0.05) is 0 Å². The molecule has 3 aromatic carbocycles. The fourth-order valence-electron chi connectivity index (χ4n) is 2.29. The van der Waals surface area contributed by atoms with Crippen molar-refractivity contribution in [2.24, 2.45) is 0 Å². The number of hydrogen-bond acceptors (Lipinski definition) is 4. The molecule has 3 aromatic rings. The number of carbonyl (C=O) groups is 2. The van der Waals surface area contributed by atoms with E-state index >= 15 is 0 Å². The topological polar surface area (TPSA) is 52.6 Å². The Morgan fingerprint density at radius 2 is 0.719 bits per heavy atom. The van der Waals surface area contributed by atoms with Crippen LogP contribution in [0.2, 0.25) is 0 Å². The molecule has 0 N–H and O–H groups in total. The highest BCUT2D eigenvalue weighted by Gasteiger charge is 2.11. The van der Waals surface area contributed by atoms with Crippen LogP contribution in [0.1, 0.15) is 73.4 Å². The van der Waals surface area contributed by atoms with Gasteiger partial charge in [-0.3, -0.25) is 0 Å². The van der Waals surface area contributed by atoms with Crippen molar-refractivity contribution >= 4 is 11.9 Å². The van der Waals surface area contributed by atoms with E-state index in [1.165, 1.54) is 0 Å². The summed E-state index contributed by atoms with van der Waals surface area (Å²) in [4.78, 5) is 24.3. The molecule has 0 aromatic heterocycles. The zero-order valence-electron chi connectivity index (χ0n) is 20.6. The summed E-state index contributed by atoms with van der Waals surface area (Å²) in [5, 5.41) is 0. The van der Waals surface area contributed by atoms with Gasteiger partial charge in [-0.25, -0.2) is 9.59 Å². The number of carbonyl (C=O) groups excluding carboxylic acids is 2. The van der Waals surface area contributed by atoms with Crippen molar-refractivity contribution in [3.05, 3.63) is 95.1 Å². The van der Waals surface area contributed by atoms with Crippen LogP contribution in [-0.4, -0.2) is 11.9 Å². The maximum Gasteiger partial charge on any atom is 0.343 e. The smallest absolute Gasteiger partial charge is 0.343 e. The SMILES string of the molecule is CC.CC.CC.Cc1ccc(OC(=O)c2ccc(OC(=O)c3ccc(C)cc3)cc2)cc1. The first kappa shape index (κ1) is 28.6. The van der Waals surface area contributed by atoms with Gasteiger partial charge in [-0.05, 0) is 62.4 Å². The maximum absolute atomic E-state index is 12.2. The summed E-state index contributed by atoms with van der Waals surface area (Å²) in [5.74, 6) is -0.0665. The van der Waals surface area contributed by atoms with Crippen molar-refractivity contribution < 1.29 is 19.1 Å². The van der Waals surface area contributed by atoms with Crippen LogP contribution in [0.4, 0.5) is 0 Å². The third-order valence-electron chi connectivity index (χ3n) is 3.82. The van der Waals surface area contributed by atoms with E-state index in [9.17, 15) is 9.59 Å². The van der Waals surface area contributed by atoms with Gasteiger partial charge >= 0.3 is 11.9 Å². The van der Waals surface area contributed by atoms with Crippen LogP contribution >= 0.6 is 0 Å². The lowest BCUT2D eigenvalue weighted by atomic mass is 10.1. The molecule has 0 aliphatic heterocycles. The Kier molecular flexibility index (Phi) is 14.6. The molecule has 4 nitrogen and oxygen atoms in total. The van der Waals surface area contributed by atoms with Crippen molar-refractivity contribution in [3.8, 4) is 11.5 Å². The van der Waals surface area contributed by atoms with E-state index in [-0.39, 0.29) is 0 Å². The molecule has 0 spiro atoms. The van der Waals surface area contributed by atoms with Gasteiger partial charge in [0.15, 0.2) is 0 Å². The van der Waals surface area contributed by atoms with Crippen LogP contribution in [0, 0.1) is 13.8 Å². The Hall–Kier alpha value is -3.40. The Balaban J connectivity index is 0.00000148. The van der Waals surface area contributed by atoms with Crippen LogP contribution in [-0.2, 0) is 0 Å². The van der Waals surface area contributed by atoms with Gasteiger partial charge in [0.1, 0.15) is 11.5 Å². The van der Waals surface area contributed by atoms with E-state index in [2.05, 4.69) is 0 Å². The predicted molar refractivity (Wildman–Crippen MR) is 133 cm³/mol. The van der Waals surface area contributed by atoms with Crippen LogP contribution in [0.5, 0.6) is 11.5 Å². The highest BCUT2D eigenvalue weighted by atomic mass is 16.5. The van der Waals surface area contributed by atoms with Crippen LogP contribution in [0.25, 0.3) is 0 Å². The lowest BCUT2D eigenvalue weighted by molar-refractivity contribution is 0.0730. The van der Waals surface area contributed by atoms with Gasteiger partial charge in [-0.2, -0.15) is 0 Å². The fourth-order valence-corrected chi connectivity index (χ4v) is 2.29. The van der Waals surface area contributed by atoms with Crippen molar-refractivity contribution in [1.29, 1.82) is 0 Å². The second-order valence-corrected chi connectivity index (χ2v) is 5.98. The van der Waals surface area contributed by atoms with E-state index in [1.54, 1.807) is 48.5 Å². The van der Waals surface area contributed by atoms with Crippen molar-refractivity contribution in [2.45, 2.75) is 55.4 Å². The molecule has 0 bridgehead atoms. The van der Waals surface area contributed by atoms with E-state index in [0.717, 1.165) is 11.1 Å². The molecule has 0 saturated carbocycles. The minimum atomic E-state index is -0.467. The Morgan fingerprint density at radius 3 is 1.06 bits per heavy atom. The Bertz CT molecular complexity index is 909. The summed E-state index contributed by atoms with van der Waals surface area (Å²) in [6.07, 6.45) is 0. The summed E-state index contributed by atoms with van der Waals surface area (Å²) >= 11 is 0. The van der Waals surface area contributed by atoms with E-state index < -0.39 is 11.9 Å². The summed E-state index contributed by atoms with van der Waals surface area (Å²) in [6, 6.07) is 20.6. The molecule has 0 saturated heterocycles. The molecular formula is C28H36O4. The van der Waals surface area contributed by atoms with E-state index in [0.29, 0.717) is 22.6 Å². The third kappa shape index (κ3) is 9.61. The number of benzene rings is 3. The first-order chi connectivity index (χ1) is 15.5. The third-order valence-corrected chi connectivity index (χ3v) is 3.82. The zero-order valence-corrected chi connectivity index (χ0v) is 20.6. The zero-order chi connectivity index (χ0) is 24.5. The lowest BCUT2D eigenvalue weighted by Crippen LogP contribution is -2.10. The first-order valence-corrected chi connectivity index (χ1v) is 11.2. The van der Waals surface area contributed by atoms with Gasteiger partial charge in [0.2, 0.25) is 0 Å². The van der Waals surface area contributed by atoms with Gasteiger partial charge in [0.25, 0.3) is 0 Å². The normalized spacial score (nSPS) is 8.88. The summed E-state index contributed by atoms with van der Waals surface area (Å²) in [5.41, 5.74) is 3.00. The van der Waals surface area contributed by atoms with E-state index in [4.69, 9.17) is 9.47 Å². The number of rotatable bonds is 4. The molecular weight excluding hydrogens is 400 g/mol. The van der Waals surface area contributed by atoms with Gasteiger partial charge in [-0.1, -0.05) is 76.9 Å². The summed E-state index contributed by atoms with van der Waals surface area (Å²) < 4.78 is 10.6. The average Bonchev–Trinajstić information content (AvgIpc) is 2.85. The predicted octanol–water partition coefficient (Wildman–Crippen LogP) is 7.82.